The van der Waals surface area contributed by atoms with Gasteiger partial charge in [-0.2, -0.15) is 0 Å². The van der Waals surface area contributed by atoms with E-state index >= 15 is 0 Å². The van der Waals surface area contributed by atoms with Gasteiger partial charge in [-0.05, 0) is 37.3 Å². The lowest BCUT2D eigenvalue weighted by Gasteiger charge is -2.38. The van der Waals surface area contributed by atoms with Gasteiger partial charge in [-0.3, -0.25) is 4.98 Å². The second kappa shape index (κ2) is 4.47. The first kappa shape index (κ1) is 11.5. The van der Waals surface area contributed by atoms with Gasteiger partial charge in [0.1, 0.15) is 5.82 Å². The number of halogens is 1. The molecule has 0 amide bonds. The summed E-state index contributed by atoms with van der Waals surface area (Å²) in [5.41, 5.74) is 6.15. The Balaban J connectivity index is 2.32. The maximum Gasteiger partial charge on any atom is 0.145 e. The van der Waals surface area contributed by atoms with Gasteiger partial charge in [0.15, 0.2) is 0 Å². The lowest BCUT2D eigenvalue weighted by Crippen LogP contribution is -2.40. The number of aromatic nitrogens is 1. The molecule has 0 saturated heterocycles. The number of nitrogens with zero attached hydrogens (tertiary/aromatic N) is 1. The number of hydrogen-bond acceptors (Lipinski definition) is 3. The minimum atomic E-state index is -0.313. The molecule has 4 heteroatoms. The number of hydrogen-bond donors (Lipinski definition) is 2. The molecule has 88 valence electrons. The Labute approximate surface area is 94.5 Å². The molecule has 0 unspecified atom stereocenters. The molecule has 1 fully saturated rings. The van der Waals surface area contributed by atoms with Crippen molar-refractivity contribution in [1.29, 1.82) is 0 Å². The van der Waals surface area contributed by atoms with Crippen LogP contribution in [-0.2, 0) is 5.41 Å². The van der Waals surface area contributed by atoms with Gasteiger partial charge in [-0.1, -0.05) is 0 Å². The van der Waals surface area contributed by atoms with E-state index in [2.05, 4.69) is 4.98 Å². The fourth-order valence-electron chi connectivity index (χ4n) is 2.54. The quantitative estimate of drug-likeness (QED) is 0.797. The summed E-state index contributed by atoms with van der Waals surface area (Å²) < 4.78 is 13.7. The Morgan fingerprint density at radius 2 is 2.19 bits per heavy atom. The van der Waals surface area contributed by atoms with Gasteiger partial charge in [0.05, 0.1) is 12.3 Å². The van der Waals surface area contributed by atoms with Crippen LogP contribution in [0.3, 0.4) is 0 Å². The summed E-state index contributed by atoms with van der Waals surface area (Å²) in [6, 6.07) is 1.71. The Hall–Kier alpha value is -1.00. The molecular formula is C12H17FN2O. The zero-order valence-electron chi connectivity index (χ0n) is 9.19. The average molecular weight is 224 g/mol. The Morgan fingerprint density at radius 1 is 1.50 bits per heavy atom. The molecule has 0 aromatic carbocycles. The number of aliphatic hydroxyl groups is 1. The summed E-state index contributed by atoms with van der Waals surface area (Å²) in [5.74, 6) is -0.288. The van der Waals surface area contributed by atoms with Gasteiger partial charge >= 0.3 is 0 Å². The van der Waals surface area contributed by atoms with E-state index < -0.39 is 0 Å². The third kappa shape index (κ3) is 1.95. The first-order chi connectivity index (χ1) is 7.68. The Kier molecular flexibility index (Phi) is 3.21. The van der Waals surface area contributed by atoms with Crippen molar-refractivity contribution >= 4 is 0 Å². The molecule has 0 aliphatic heterocycles. The maximum absolute atomic E-state index is 13.7. The molecule has 0 radical (unpaired) electrons. The molecule has 0 spiro atoms. The second-order valence-electron chi connectivity index (χ2n) is 4.57. The molecule has 1 aliphatic carbocycles. The highest BCUT2D eigenvalue weighted by molar-refractivity contribution is 5.26. The summed E-state index contributed by atoms with van der Waals surface area (Å²) >= 11 is 0. The Bertz CT molecular complexity index is 362. The van der Waals surface area contributed by atoms with Crippen molar-refractivity contribution in [3.63, 3.8) is 0 Å². The molecule has 1 aliphatic rings. The molecule has 0 atom stereocenters. The van der Waals surface area contributed by atoms with E-state index in [1.54, 1.807) is 12.3 Å². The van der Waals surface area contributed by atoms with Crippen molar-refractivity contribution in [2.75, 3.05) is 6.54 Å². The fourth-order valence-corrected chi connectivity index (χ4v) is 2.54. The van der Waals surface area contributed by atoms with Crippen LogP contribution >= 0.6 is 0 Å². The molecule has 1 saturated carbocycles. The van der Waals surface area contributed by atoms with Crippen LogP contribution in [0.4, 0.5) is 4.39 Å². The van der Waals surface area contributed by atoms with Crippen molar-refractivity contribution in [3.05, 3.63) is 29.8 Å². The molecule has 16 heavy (non-hydrogen) atoms. The minimum Gasteiger partial charge on any atom is -0.393 e. The highest BCUT2D eigenvalue weighted by atomic mass is 19.1. The Morgan fingerprint density at radius 3 is 2.75 bits per heavy atom. The largest absolute Gasteiger partial charge is 0.393 e. The van der Waals surface area contributed by atoms with E-state index in [-0.39, 0.29) is 17.3 Å². The van der Waals surface area contributed by atoms with Crippen LogP contribution in [0.15, 0.2) is 18.5 Å². The molecule has 1 aromatic heterocycles. The van der Waals surface area contributed by atoms with Gasteiger partial charge in [0, 0.05) is 18.2 Å². The minimum absolute atomic E-state index is 0.260. The first-order valence-corrected chi connectivity index (χ1v) is 5.66. The molecule has 3 nitrogen and oxygen atoms in total. The normalized spacial score (nSPS) is 30.3. The van der Waals surface area contributed by atoms with E-state index in [0.717, 1.165) is 12.8 Å². The molecule has 2 rings (SSSR count). The highest BCUT2D eigenvalue weighted by Gasteiger charge is 2.37. The molecular weight excluding hydrogens is 207 g/mol. The summed E-state index contributed by atoms with van der Waals surface area (Å²) in [6.07, 6.45) is 5.44. The van der Waals surface area contributed by atoms with Crippen LogP contribution in [0.2, 0.25) is 0 Å². The zero-order chi connectivity index (χ0) is 11.6. The third-order valence-corrected chi connectivity index (χ3v) is 3.65. The van der Waals surface area contributed by atoms with Crippen LogP contribution in [0.5, 0.6) is 0 Å². The SMILES string of the molecule is NCC1(c2ccncc2F)CCC(O)CC1. The van der Waals surface area contributed by atoms with E-state index in [0.29, 0.717) is 24.9 Å². The number of pyridine rings is 1. The van der Waals surface area contributed by atoms with Crippen molar-refractivity contribution in [2.24, 2.45) is 5.73 Å². The average Bonchev–Trinajstić information content (AvgIpc) is 2.32. The van der Waals surface area contributed by atoms with Crippen molar-refractivity contribution < 1.29 is 9.50 Å². The standard InChI is InChI=1S/C12H17FN2O/c13-11-7-15-6-3-10(11)12(8-14)4-1-9(16)2-5-12/h3,6-7,9,16H,1-2,4-5,8,14H2. The molecule has 1 aromatic rings. The van der Waals surface area contributed by atoms with Crippen LogP contribution in [0.25, 0.3) is 0 Å². The third-order valence-electron chi connectivity index (χ3n) is 3.65. The van der Waals surface area contributed by atoms with E-state index in [4.69, 9.17) is 5.73 Å². The predicted octanol–water partition coefficient (Wildman–Crippen LogP) is 1.35. The monoisotopic (exact) mass is 224 g/mol. The number of aliphatic hydroxyl groups excluding tert-OH is 1. The van der Waals surface area contributed by atoms with Gasteiger partial charge in [0.2, 0.25) is 0 Å². The summed E-state index contributed by atoms with van der Waals surface area (Å²) in [7, 11) is 0. The summed E-state index contributed by atoms with van der Waals surface area (Å²) in [6.45, 7) is 0.417. The fraction of sp³-hybridized carbons (Fsp3) is 0.583. The van der Waals surface area contributed by atoms with Crippen molar-refractivity contribution in [1.82, 2.24) is 4.98 Å². The molecule has 1 heterocycles. The molecule has 0 bridgehead atoms. The zero-order valence-corrected chi connectivity index (χ0v) is 9.19. The van der Waals surface area contributed by atoms with E-state index in [1.807, 2.05) is 0 Å². The van der Waals surface area contributed by atoms with Crippen LogP contribution in [0.1, 0.15) is 31.2 Å². The maximum atomic E-state index is 13.7. The van der Waals surface area contributed by atoms with E-state index in [9.17, 15) is 9.50 Å². The van der Waals surface area contributed by atoms with Crippen molar-refractivity contribution in [2.45, 2.75) is 37.2 Å². The summed E-state index contributed by atoms with van der Waals surface area (Å²) in [5, 5.41) is 9.51. The van der Waals surface area contributed by atoms with Crippen LogP contribution in [0, 0.1) is 5.82 Å². The number of nitrogens with two attached hydrogens (primary N) is 1. The lowest BCUT2D eigenvalue weighted by molar-refractivity contribution is 0.0962. The van der Waals surface area contributed by atoms with Crippen LogP contribution < -0.4 is 5.73 Å². The first-order valence-electron chi connectivity index (χ1n) is 5.66. The van der Waals surface area contributed by atoms with Gasteiger partial charge in [-0.25, -0.2) is 4.39 Å². The highest BCUT2D eigenvalue weighted by Crippen LogP contribution is 2.39. The lowest BCUT2D eigenvalue weighted by atomic mass is 9.69. The van der Waals surface area contributed by atoms with E-state index in [1.165, 1.54) is 6.20 Å². The number of rotatable bonds is 2. The van der Waals surface area contributed by atoms with Crippen molar-refractivity contribution in [3.8, 4) is 0 Å². The smallest absolute Gasteiger partial charge is 0.145 e. The predicted molar refractivity (Wildman–Crippen MR) is 59.4 cm³/mol. The van der Waals surface area contributed by atoms with Gasteiger partial charge in [0.25, 0.3) is 0 Å². The van der Waals surface area contributed by atoms with Gasteiger partial charge in [-0.15, -0.1) is 0 Å². The topological polar surface area (TPSA) is 59.1 Å². The molecule has 3 N–H and O–H groups in total. The van der Waals surface area contributed by atoms with Gasteiger partial charge < -0.3 is 10.8 Å². The van der Waals surface area contributed by atoms with Crippen LogP contribution in [-0.4, -0.2) is 22.7 Å². The summed E-state index contributed by atoms with van der Waals surface area (Å²) in [4.78, 5) is 3.75. The second-order valence-corrected chi connectivity index (χ2v) is 4.57.